The van der Waals surface area contributed by atoms with Crippen molar-refractivity contribution >= 4 is 23.1 Å². The molecule has 1 saturated heterocycles. The van der Waals surface area contributed by atoms with Crippen molar-refractivity contribution in [1.82, 2.24) is 9.80 Å². The minimum Gasteiger partial charge on any atom is -0.316 e. The highest BCUT2D eigenvalue weighted by atomic mass is 32.1. The van der Waals surface area contributed by atoms with Crippen molar-refractivity contribution in [2.75, 3.05) is 25.0 Å². The van der Waals surface area contributed by atoms with E-state index in [0.717, 1.165) is 43.4 Å². The van der Waals surface area contributed by atoms with Gasteiger partial charge < -0.3 is 15.1 Å². The van der Waals surface area contributed by atoms with E-state index < -0.39 is 17.8 Å². The number of likely N-dealkylation sites (tertiary alicyclic amines) is 1. The fourth-order valence-corrected chi connectivity index (χ4v) is 4.21. The molecular weight excluding hydrogens is 387 g/mol. The first kappa shape index (κ1) is 20.7. The third-order valence-corrected chi connectivity index (χ3v) is 5.95. The number of hydrogen-bond donors (Lipinski definition) is 1. The predicted octanol–water partition coefficient (Wildman–Crippen LogP) is 5.29. The average Bonchev–Trinajstić information content (AvgIpc) is 3.19. The second-order valence-electron chi connectivity index (χ2n) is 6.85. The molecular formula is C20H24F3N3OS. The molecule has 2 heterocycles. The molecule has 4 nitrogen and oxygen atoms in total. The lowest BCUT2D eigenvalue weighted by Crippen LogP contribution is -2.48. The summed E-state index contributed by atoms with van der Waals surface area (Å²) in [5.41, 5.74) is -1.04. The number of carbonyl (C=O) groups excluding carboxylic acids is 1. The van der Waals surface area contributed by atoms with Crippen LogP contribution in [0.25, 0.3) is 0 Å². The maximum Gasteiger partial charge on any atom is 0.418 e. The van der Waals surface area contributed by atoms with Crippen molar-refractivity contribution in [2.45, 2.75) is 38.5 Å². The van der Waals surface area contributed by atoms with Crippen molar-refractivity contribution in [3.05, 3.63) is 52.2 Å². The average molecular weight is 411 g/mol. The van der Waals surface area contributed by atoms with E-state index in [-0.39, 0.29) is 11.7 Å². The first-order valence-electron chi connectivity index (χ1n) is 9.37. The van der Waals surface area contributed by atoms with Crippen LogP contribution in [0.1, 0.15) is 30.2 Å². The summed E-state index contributed by atoms with van der Waals surface area (Å²) in [6.45, 7) is 5.23. The van der Waals surface area contributed by atoms with Gasteiger partial charge in [-0.3, -0.25) is 0 Å². The third kappa shape index (κ3) is 5.05. The zero-order valence-corrected chi connectivity index (χ0v) is 16.5. The van der Waals surface area contributed by atoms with Crippen molar-refractivity contribution in [3.8, 4) is 0 Å². The minimum atomic E-state index is -4.52. The second-order valence-corrected chi connectivity index (χ2v) is 7.88. The van der Waals surface area contributed by atoms with Gasteiger partial charge in [0.05, 0.1) is 17.8 Å². The van der Waals surface area contributed by atoms with E-state index in [2.05, 4.69) is 17.1 Å². The summed E-state index contributed by atoms with van der Waals surface area (Å²) in [7, 11) is 0. The van der Waals surface area contributed by atoms with E-state index in [1.807, 2.05) is 17.5 Å². The topological polar surface area (TPSA) is 35.6 Å². The number of nitrogens with zero attached hydrogens (tertiary/aromatic N) is 2. The first-order chi connectivity index (χ1) is 13.4. The van der Waals surface area contributed by atoms with E-state index in [1.165, 1.54) is 29.5 Å². The molecule has 0 saturated carbocycles. The van der Waals surface area contributed by atoms with Gasteiger partial charge in [-0.25, -0.2) is 4.79 Å². The van der Waals surface area contributed by atoms with Gasteiger partial charge in [0.25, 0.3) is 0 Å². The Balaban J connectivity index is 1.79. The Morgan fingerprint density at radius 1 is 1.21 bits per heavy atom. The van der Waals surface area contributed by atoms with Crippen molar-refractivity contribution in [2.24, 2.45) is 0 Å². The molecule has 1 aromatic heterocycles. The minimum absolute atomic E-state index is 0.00273. The summed E-state index contributed by atoms with van der Waals surface area (Å²) in [6, 6.07) is 8.46. The second kappa shape index (κ2) is 8.96. The maximum atomic E-state index is 13.3. The normalized spacial score (nSPS) is 16.1. The number of para-hydroxylation sites is 1. The van der Waals surface area contributed by atoms with Crippen LogP contribution in [0.4, 0.5) is 23.7 Å². The lowest BCUT2D eigenvalue weighted by Gasteiger charge is -2.38. The summed E-state index contributed by atoms with van der Waals surface area (Å²) in [5, 5.41) is 4.44. The molecule has 152 valence electrons. The molecule has 0 atom stereocenters. The molecule has 0 unspecified atom stereocenters. The third-order valence-electron chi connectivity index (χ3n) is 5.09. The molecule has 3 rings (SSSR count). The van der Waals surface area contributed by atoms with E-state index in [0.29, 0.717) is 6.54 Å². The number of benzene rings is 1. The number of amides is 2. The SMILES string of the molecule is CCN1CCC(N(Cc2cccs2)C(=O)Nc2ccccc2C(F)(F)F)CC1. The van der Waals surface area contributed by atoms with Crippen LogP contribution in [0.2, 0.25) is 0 Å². The molecule has 2 amide bonds. The van der Waals surface area contributed by atoms with Crippen LogP contribution < -0.4 is 5.32 Å². The Morgan fingerprint density at radius 3 is 2.54 bits per heavy atom. The van der Waals surface area contributed by atoms with Crippen molar-refractivity contribution in [3.63, 3.8) is 0 Å². The predicted molar refractivity (Wildman–Crippen MR) is 105 cm³/mol. The number of halogens is 3. The van der Waals surface area contributed by atoms with Gasteiger partial charge in [0, 0.05) is 24.0 Å². The first-order valence-corrected chi connectivity index (χ1v) is 10.2. The van der Waals surface area contributed by atoms with Crippen LogP contribution in [-0.4, -0.2) is 41.5 Å². The highest BCUT2D eigenvalue weighted by Gasteiger charge is 2.35. The van der Waals surface area contributed by atoms with Crippen LogP contribution in [0.5, 0.6) is 0 Å². The maximum absolute atomic E-state index is 13.3. The number of piperidine rings is 1. The van der Waals surface area contributed by atoms with Crippen LogP contribution in [0, 0.1) is 0 Å². The molecule has 0 bridgehead atoms. The van der Waals surface area contributed by atoms with E-state index >= 15 is 0 Å². The van der Waals surface area contributed by atoms with E-state index in [1.54, 1.807) is 4.90 Å². The number of hydrogen-bond acceptors (Lipinski definition) is 3. The highest BCUT2D eigenvalue weighted by molar-refractivity contribution is 7.09. The molecule has 0 spiro atoms. The number of anilines is 1. The quantitative estimate of drug-likeness (QED) is 0.726. The van der Waals surface area contributed by atoms with Gasteiger partial charge >= 0.3 is 12.2 Å². The van der Waals surface area contributed by atoms with Gasteiger partial charge in [-0.2, -0.15) is 13.2 Å². The number of urea groups is 1. The highest BCUT2D eigenvalue weighted by Crippen LogP contribution is 2.35. The fraction of sp³-hybridized carbons (Fsp3) is 0.450. The zero-order chi connectivity index (χ0) is 20.1. The number of nitrogens with one attached hydrogen (secondary N) is 1. The number of rotatable bonds is 5. The molecule has 1 aromatic carbocycles. The summed E-state index contributed by atoms with van der Waals surface area (Å²) < 4.78 is 39.8. The van der Waals surface area contributed by atoms with E-state index in [4.69, 9.17) is 0 Å². The lowest BCUT2D eigenvalue weighted by atomic mass is 10.0. The number of alkyl halides is 3. The van der Waals surface area contributed by atoms with Gasteiger partial charge in [0.15, 0.2) is 0 Å². The molecule has 1 aliphatic heterocycles. The van der Waals surface area contributed by atoms with Gasteiger partial charge in [0.2, 0.25) is 0 Å². The molecule has 2 aromatic rings. The monoisotopic (exact) mass is 411 g/mol. The Hall–Kier alpha value is -2.06. The number of thiophene rings is 1. The molecule has 1 N–H and O–H groups in total. The molecule has 1 fully saturated rings. The van der Waals surface area contributed by atoms with Crippen LogP contribution >= 0.6 is 11.3 Å². The molecule has 8 heteroatoms. The van der Waals surface area contributed by atoms with E-state index in [9.17, 15) is 18.0 Å². The Morgan fingerprint density at radius 2 is 1.93 bits per heavy atom. The lowest BCUT2D eigenvalue weighted by molar-refractivity contribution is -0.136. The molecule has 1 aliphatic rings. The molecule has 0 radical (unpaired) electrons. The van der Waals surface area contributed by atoms with Gasteiger partial charge in [-0.15, -0.1) is 11.3 Å². The zero-order valence-electron chi connectivity index (χ0n) is 15.7. The van der Waals surface area contributed by atoms with Crippen molar-refractivity contribution < 1.29 is 18.0 Å². The van der Waals surface area contributed by atoms with Crippen molar-refractivity contribution in [1.29, 1.82) is 0 Å². The smallest absolute Gasteiger partial charge is 0.316 e. The number of carbonyl (C=O) groups is 1. The Kier molecular flexibility index (Phi) is 6.61. The molecule has 28 heavy (non-hydrogen) atoms. The largest absolute Gasteiger partial charge is 0.418 e. The van der Waals surface area contributed by atoms with Crippen LogP contribution in [0.15, 0.2) is 41.8 Å². The van der Waals surface area contributed by atoms with Gasteiger partial charge in [-0.05, 0) is 43.0 Å². The van der Waals surface area contributed by atoms with Crippen LogP contribution in [0.3, 0.4) is 0 Å². The summed E-state index contributed by atoms with van der Waals surface area (Å²) in [4.78, 5) is 18.0. The fourth-order valence-electron chi connectivity index (χ4n) is 3.51. The van der Waals surface area contributed by atoms with Gasteiger partial charge in [-0.1, -0.05) is 25.1 Å². The Bertz CT molecular complexity index is 771. The summed E-state index contributed by atoms with van der Waals surface area (Å²) >= 11 is 1.54. The van der Waals surface area contributed by atoms with Gasteiger partial charge in [0.1, 0.15) is 0 Å². The molecule has 0 aliphatic carbocycles. The standard InChI is InChI=1S/C20H24F3N3OS/c1-2-25-11-9-15(10-12-25)26(14-16-6-5-13-28-16)19(27)24-18-8-4-3-7-17(18)20(21,22)23/h3-8,13,15H,2,9-12,14H2,1H3,(H,24,27). The summed E-state index contributed by atoms with van der Waals surface area (Å²) in [6.07, 6.45) is -2.89. The van der Waals surface area contributed by atoms with Crippen LogP contribution in [-0.2, 0) is 12.7 Å². The summed E-state index contributed by atoms with van der Waals surface area (Å²) in [5.74, 6) is 0. The Labute approximate surface area is 167 Å².